The van der Waals surface area contributed by atoms with E-state index in [4.69, 9.17) is 4.42 Å². The van der Waals surface area contributed by atoms with Gasteiger partial charge in [-0.2, -0.15) is 0 Å². The van der Waals surface area contributed by atoms with Crippen molar-refractivity contribution in [1.82, 2.24) is 0 Å². The van der Waals surface area contributed by atoms with Gasteiger partial charge in [0.05, 0.1) is 0 Å². The molecule has 0 bridgehead atoms. The van der Waals surface area contributed by atoms with Gasteiger partial charge in [-0.25, -0.2) is 0 Å². The lowest BCUT2D eigenvalue weighted by Crippen LogP contribution is -2.07. The Morgan fingerprint density at radius 3 is 2.52 bits per heavy atom. The summed E-state index contributed by atoms with van der Waals surface area (Å²) in [6, 6.07) is 21.4. The van der Waals surface area contributed by atoms with Gasteiger partial charge < -0.3 is 9.73 Å². The number of hydrogen-bond acceptors (Lipinski definition) is 2. The average molecular weight is 392 g/mol. The van der Waals surface area contributed by atoms with Gasteiger partial charge in [0.2, 0.25) is 5.91 Å². The highest BCUT2D eigenvalue weighted by Gasteiger charge is 2.07. The van der Waals surface area contributed by atoms with E-state index in [0.717, 1.165) is 32.0 Å². The number of rotatable bonds is 3. The standard InChI is InChI=1S/C21H14BrNO2/c22-15-8-5-14(6-9-15)7-12-21(24)23-16-10-11-18-17-3-1-2-4-19(17)25-20(18)13-16/h1-13H,(H,23,24). The molecule has 3 aromatic carbocycles. The zero-order valence-electron chi connectivity index (χ0n) is 13.2. The van der Waals surface area contributed by atoms with Crippen molar-refractivity contribution < 1.29 is 9.21 Å². The van der Waals surface area contributed by atoms with Crippen LogP contribution in [0.25, 0.3) is 28.0 Å². The van der Waals surface area contributed by atoms with E-state index in [1.165, 1.54) is 6.08 Å². The molecule has 1 N–H and O–H groups in total. The fourth-order valence-corrected chi connectivity index (χ4v) is 3.00. The maximum atomic E-state index is 12.1. The molecule has 0 spiro atoms. The third-order valence-electron chi connectivity index (χ3n) is 3.94. The quantitative estimate of drug-likeness (QED) is 0.435. The Bertz CT molecular complexity index is 1090. The molecule has 0 radical (unpaired) electrons. The molecule has 0 saturated heterocycles. The van der Waals surface area contributed by atoms with Crippen molar-refractivity contribution >= 4 is 55.5 Å². The highest BCUT2D eigenvalue weighted by atomic mass is 79.9. The van der Waals surface area contributed by atoms with E-state index in [1.54, 1.807) is 6.08 Å². The van der Waals surface area contributed by atoms with Gasteiger partial charge in [-0.05, 0) is 42.0 Å². The first-order valence-corrected chi connectivity index (χ1v) is 8.64. The van der Waals surface area contributed by atoms with Gasteiger partial charge in [0, 0.05) is 33.1 Å². The first-order valence-electron chi connectivity index (χ1n) is 7.85. The molecule has 4 aromatic rings. The van der Waals surface area contributed by atoms with Crippen LogP contribution in [0.2, 0.25) is 0 Å². The predicted octanol–water partition coefficient (Wildman–Crippen LogP) is 6.00. The number of furan rings is 1. The lowest BCUT2D eigenvalue weighted by molar-refractivity contribution is -0.111. The van der Waals surface area contributed by atoms with Crippen LogP contribution in [0.4, 0.5) is 5.69 Å². The molecule has 0 aliphatic carbocycles. The van der Waals surface area contributed by atoms with Crippen molar-refractivity contribution in [3.63, 3.8) is 0 Å². The summed E-state index contributed by atoms with van der Waals surface area (Å²) in [7, 11) is 0. The van der Waals surface area contributed by atoms with Gasteiger partial charge in [-0.1, -0.05) is 46.3 Å². The minimum Gasteiger partial charge on any atom is -0.456 e. The van der Waals surface area contributed by atoms with E-state index in [1.807, 2.05) is 66.7 Å². The van der Waals surface area contributed by atoms with Crippen LogP contribution in [0.15, 0.2) is 81.7 Å². The van der Waals surface area contributed by atoms with Gasteiger partial charge in [0.15, 0.2) is 0 Å². The van der Waals surface area contributed by atoms with Crippen molar-refractivity contribution in [3.8, 4) is 0 Å². The second-order valence-corrected chi connectivity index (χ2v) is 6.60. The van der Waals surface area contributed by atoms with Gasteiger partial charge in [0.25, 0.3) is 0 Å². The summed E-state index contributed by atoms with van der Waals surface area (Å²) in [5.41, 5.74) is 3.27. The van der Waals surface area contributed by atoms with Gasteiger partial charge in [0.1, 0.15) is 11.2 Å². The summed E-state index contributed by atoms with van der Waals surface area (Å²) in [6.07, 6.45) is 3.30. The predicted molar refractivity (Wildman–Crippen MR) is 106 cm³/mol. The van der Waals surface area contributed by atoms with Crippen LogP contribution < -0.4 is 5.32 Å². The van der Waals surface area contributed by atoms with E-state index in [2.05, 4.69) is 21.2 Å². The number of nitrogens with one attached hydrogen (secondary N) is 1. The Morgan fingerprint density at radius 1 is 0.920 bits per heavy atom. The fourth-order valence-electron chi connectivity index (χ4n) is 2.73. The number of carbonyl (C=O) groups is 1. The minimum atomic E-state index is -0.182. The number of halogens is 1. The van der Waals surface area contributed by atoms with E-state index in [-0.39, 0.29) is 5.91 Å². The van der Waals surface area contributed by atoms with Crippen LogP contribution in [0.3, 0.4) is 0 Å². The Kier molecular flexibility index (Phi) is 4.12. The smallest absolute Gasteiger partial charge is 0.248 e. The number of anilines is 1. The molecule has 4 heteroatoms. The summed E-state index contributed by atoms with van der Waals surface area (Å²) in [5, 5.41) is 4.98. The van der Waals surface area contributed by atoms with Crippen LogP contribution in [-0.2, 0) is 4.79 Å². The molecule has 25 heavy (non-hydrogen) atoms. The SMILES string of the molecule is O=C(C=Cc1ccc(Br)cc1)Nc1ccc2c(c1)oc1ccccc12. The maximum absolute atomic E-state index is 12.1. The molecule has 0 saturated carbocycles. The number of hydrogen-bond donors (Lipinski definition) is 1. The van der Waals surface area contributed by atoms with Crippen LogP contribution in [0.1, 0.15) is 5.56 Å². The molecule has 122 valence electrons. The number of para-hydroxylation sites is 1. The molecule has 0 unspecified atom stereocenters. The summed E-state index contributed by atoms with van der Waals surface area (Å²) < 4.78 is 6.85. The Morgan fingerprint density at radius 2 is 1.68 bits per heavy atom. The van der Waals surface area contributed by atoms with E-state index in [9.17, 15) is 4.79 Å². The fraction of sp³-hybridized carbons (Fsp3) is 0. The summed E-state index contributed by atoms with van der Waals surface area (Å²) >= 11 is 3.39. The van der Waals surface area contributed by atoms with Crippen molar-refractivity contribution in [3.05, 3.63) is 82.8 Å². The van der Waals surface area contributed by atoms with Crippen LogP contribution in [0, 0.1) is 0 Å². The number of carbonyl (C=O) groups excluding carboxylic acids is 1. The number of benzene rings is 3. The van der Waals surface area contributed by atoms with Crippen LogP contribution >= 0.6 is 15.9 Å². The summed E-state index contributed by atoms with van der Waals surface area (Å²) in [6.45, 7) is 0. The molecule has 0 atom stereocenters. The topological polar surface area (TPSA) is 42.2 Å². The van der Waals surface area contributed by atoms with Gasteiger partial charge in [-0.15, -0.1) is 0 Å². The van der Waals surface area contributed by atoms with Gasteiger partial charge >= 0.3 is 0 Å². The molecular weight excluding hydrogens is 378 g/mol. The molecule has 0 aliphatic heterocycles. The van der Waals surface area contributed by atoms with Crippen LogP contribution in [0.5, 0.6) is 0 Å². The third-order valence-corrected chi connectivity index (χ3v) is 4.47. The zero-order valence-corrected chi connectivity index (χ0v) is 14.8. The first-order chi connectivity index (χ1) is 12.2. The second-order valence-electron chi connectivity index (χ2n) is 5.68. The van der Waals surface area contributed by atoms with E-state index < -0.39 is 0 Å². The summed E-state index contributed by atoms with van der Waals surface area (Å²) in [4.78, 5) is 12.1. The molecule has 1 amide bonds. The van der Waals surface area contributed by atoms with E-state index in [0.29, 0.717) is 5.69 Å². The second kappa shape index (κ2) is 6.57. The minimum absolute atomic E-state index is 0.182. The number of amides is 1. The molecule has 4 rings (SSSR count). The largest absolute Gasteiger partial charge is 0.456 e. The van der Waals surface area contributed by atoms with Crippen LogP contribution in [-0.4, -0.2) is 5.91 Å². The molecular formula is C21H14BrNO2. The van der Waals surface area contributed by atoms with Crippen molar-refractivity contribution in [2.75, 3.05) is 5.32 Å². The van der Waals surface area contributed by atoms with Crippen molar-refractivity contribution in [1.29, 1.82) is 0 Å². The number of fused-ring (bicyclic) bond motifs is 3. The molecule has 1 heterocycles. The molecule has 0 aliphatic rings. The Hall–Kier alpha value is -2.85. The lowest BCUT2D eigenvalue weighted by Gasteiger charge is -2.02. The average Bonchev–Trinajstić information content (AvgIpc) is 2.99. The molecule has 0 fully saturated rings. The first kappa shape index (κ1) is 15.7. The normalized spacial score (nSPS) is 11.4. The van der Waals surface area contributed by atoms with Gasteiger partial charge in [-0.3, -0.25) is 4.79 Å². The Labute approximate surface area is 153 Å². The highest BCUT2D eigenvalue weighted by molar-refractivity contribution is 9.10. The summed E-state index contributed by atoms with van der Waals surface area (Å²) in [5.74, 6) is -0.182. The monoisotopic (exact) mass is 391 g/mol. The zero-order chi connectivity index (χ0) is 17.2. The van der Waals surface area contributed by atoms with Crippen molar-refractivity contribution in [2.45, 2.75) is 0 Å². The molecule has 1 aromatic heterocycles. The highest BCUT2D eigenvalue weighted by Crippen LogP contribution is 2.30. The van der Waals surface area contributed by atoms with Crippen molar-refractivity contribution in [2.24, 2.45) is 0 Å². The maximum Gasteiger partial charge on any atom is 0.248 e. The lowest BCUT2D eigenvalue weighted by atomic mass is 10.1. The third kappa shape index (κ3) is 3.35. The molecule has 3 nitrogen and oxygen atoms in total. The Balaban J connectivity index is 1.54. The van der Waals surface area contributed by atoms with E-state index >= 15 is 0 Å².